The maximum Gasteiger partial charge on any atom is 0.231 e. The number of ether oxygens (including phenoxy) is 1. The number of rotatable bonds is 6. The van der Waals surface area contributed by atoms with Crippen molar-refractivity contribution in [1.29, 1.82) is 5.26 Å². The lowest BCUT2D eigenvalue weighted by Gasteiger charge is -2.24. The number of carbonyl (C=O) groups is 1. The van der Waals surface area contributed by atoms with Crippen molar-refractivity contribution in [2.45, 2.75) is 44.6 Å². The number of aromatic nitrogens is 3. The second-order valence-corrected chi connectivity index (χ2v) is 10.1. The Morgan fingerprint density at radius 2 is 2.15 bits per heavy atom. The van der Waals surface area contributed by atoms with Gasteiger partial charge in [-0.1, -0.05) is 29.5 Å². The second-order valence-electron chi connectivity index (χ2n) is 9.10. The van der Waals surface area contributed by atoms with Crippen LogP contribution in [0.25, 0.3) is 21.1 Å². The molecule has 2 aliphatic rings. The Morgan fingerprint density at radius 3 is 2.91 bits per heavy atom. The third-order valence-corrected chi connectivity index (χ3v) is 7.53. The van der Waals surface area contributed by atoms with E-state index < -0.39 is 0 Å². The number of nitrogens with zero attached hydrogens (tertiary/aromatic N) is 5. The summed E-state index contributed by atoms with van der Waals surface area (Å²) in [5, 5.41) is 29.2. The van der Waals surface area contributed by atoms with Crippen LogP contribution in [0.1, 0.15) is 43.4 Å². The molecule has 1 amide bonds. The molecule has 1 aliphatic carbocycles. The van der Waals surface area contributed by atoms with Gasteiger partial charge in [0.05, 0.1) is 12.7 Å². The van der Waals surface area contributed by atoms with Crippen molar-refractivity contribution in [2.24, 2.45) is 0 Å². The van der Waals surface area contributed by atoms with Gasteiger partial charge >= 0.3 is 0 Å². The summed E-state index contributed by atoms with van der Waals surface area (Å²) in [6.45, 7) is 4.80. The smallest absolute Gasteiger partial charge is 0.231 e. The zero-order valence-electron chi connectivity index (χ0n) is 19.1. The Bertz CT molecular complexity index is 1300. The summed E-state index contributed by atoms with van der Waals surface area (Å²) in [4.78, 5) is 18.6. The Morgan fingerprint density at radius 1 is 1.32 bits per heavy atom. The van der Waals surface area contributed by atoms with E-state index in [0.29, 0.717) is 36.0 Å². The van der Waals surface area contributed by atoms with Gasteiger partial charge in [0.1, 0.15) is 21.6 Å². The minimum absolute atomic E-state index is 0.0186. The molecule has 1 aliphatic heterocycles. The highest BCUT2D eigenvalue weighted by atomic mass is 32.1. The summed E-state index contributed by atoms with van der Waals surface area (Å²) < 4.78 is 5.62. The number of aliphatic hydroxyl groups is 1. The normalized spacial score (nSPS) is 19.1. The lowest BCUT2D eigenvalue weighted by atomic mass is 9.80. The number of hydrogen-bond acceptors (Lipinski definition) is 8. The highest BCUT2D eigenvalue weighted by Gasteiger charge is 2.48. The highest BCUT2D eigenvalue weighted by Crippen LogP contribution is 2.49. The molecule has 1 N–H and O–H groups in total. The molecule has 8 nitrogen and oxygen atoms in total. The lowest BCUT2D eigenvalue weighted by Crippen LogP contribution is -2.32. The quantitative estimate of drug-likeness (QED) is 0.582. The van der Waals surface area contributed by atoms with E-state index in [2.05, 4.69) is 33.4 Å². The molecule has 0 radical (unpaired) electrons. The Balaban J connectivity index is 1.46. The van der Waals surface area contributed by atoms with Crippen LogP contribution in [0.4, 0.5) is 0 Å². The van der Waals surface area contributed by atoms with Crippen molar-refractivity contribution in [3.8, 4) is 33.1 Å². The van der Waals surface area contributed by atoms with E-state index in [-0.39, 0.29) is 24.0 Å². The van der Waals surface area contributed by atoms with Gasteiger partial charge in [-0.3, -0.25) is 4.79 Å². The molecule has 2 aromatic heterocycles. The van der Waals surface area contributed by atoms with Crippen LogP contribution in [0.2, 0.25) is 0 Å². The summed E-state index contributed by atoms with van der Waals surface area (Å²) in [6, 6.07) is 10.1. The number of amides is 1. The summed E-state index contributed by atoms with van der Waals surface area (Å²) in [5.74, 6) is 0.426. The summed E-state index contributed by atoms with van der Waals surface area (Å²) in [6.07, 6.45) is 3.85. The number of aliphatic hydroxyl groups excluding tert-OH is 1. The molecule has 0 saturated carbocycles. The third-order valence-electron chi connectivity index (χ3n) is 6.53. The van der Waals surface area contributed by atoms with Gasteiger partial charge in [-0.2, -0.15) is 5.26 Å². The minimum atomic E-state index is -0.191. The lowest BCUT2D eigenvalue weighted by molar-refractivity contribution is -0.128. The van der Waals surface area contributed by atoms with E-state index in [0.717, 1.165) is 29.0 Å². The fourth-order valence-electron chi connectivity index (χ4n) is 5.05. The van der Waals surface area contributed by atoms with Crippen LogP contribution in [0.15, 0.2) is 30.5 Å². The molecular weight excluding hydrogens is 450 g/mol. The number of β-amino-alcohol motifs (C(OH)–C–C–N with tert-alkyl or cyclic N) is 1. The molecule has 5 rings (SSSR count). The zero-order valence-corrected chi connectivity index (χ0v) is 19.9. The average Bonchev–Trinajstić information content (AvgIpc) is 3.52. The van der Waals surface area contributed by atoms with Crippen molar-refractivity contribution in [1.82, 2.24) is 20.1 Å². The van der Waals surface area contributed by atoms with Crippen LogP contribution in [0.5, 0.6) is 5.88 Å². The molecule has 1 spiro atoms. The van der Waals surface area contributed by atoms with Gasteiger partial charge in [0.2, 0.25) is 11.8 Å². The molecule has 0 bridgehead atoms. The van der Waals surface area contributed by atoms with Gasteiger partial charge in [0.15, 0.2) is 0 Å². The molecule has 1 atom stereocenters. The number of fused-ring (bicyclic) bond motifs is 2. The maximum atomic E-state index is 12.5. The Labute approximate surface area is 201 Å². The van der Waals surface area contributed by atoms with Gasteiger partial charge in [-0.25, -0.2) is 4.98 Å². The summed E-state index contributed by atoms with van der Waals surface area (Å²) >= 11 is 1.46. The van der Waals surface area contributed by atoms with Crippen LogP contribution in [-0.2, 0) is 16.6 Å². The number of likely N-dealkylation sites (tertiary alicyclic amines) is 1. The van der Waals surface area contributed by atoms with Crippen LogP contribution in [0.3, 0.4) is 0 Å². The average molecular weight is 476 g/mol. The number of carbonyl (C=O) groups excluding carboxylic acids is 1. The van der Waals surface area contributed by atoms with Gasteiger partial charge < -0.3 is 14.7 Å². The van der Waals surface area contributed by atoms with Gasteiger partial charge in [-0.05, 0) is 43.9 Å². The molecule has 1 saturated heterocycles. The van der Waals surface area contributed by atoms with Crippen molar-refractivity contribution in [2.75, 3.05) is 19.7 Å². The Hall–Kier alpha value is -3.35. The number of hydrogen-bond donors (Lipinski definition) is 1. The van der Waals surface area contributed by atoms with Crippen molar-refractivity contribution < 1.29 is 14.6 Å². The van der Waals surface area contributed by atoms with E-state index in [1.54, 1.807) is 17.2 Å². The Kier molecular flexibility index (Phi) is 5.80. The minimum Gasteiger partial charge on any atom is -0.474 e. The first kappa shape index (κ1) is 22.4. The largest absolute Gasteiger partial charge is 0.474 e. The van der Waals surface area contributed by atoms with Gasteiger partial charge in [-0.15, -0.1) is 10.2 Å². The van der Waals surface area contributed by atoms with Crippen molar-refractivity contribution >= 4 is 17.2 Å². The van der Waals surface area contributed by atoms with Gasteiger partial charge in [0.25, 0.3) is 0 Å². The van der Waals surface area contributed by atoms with E-state index in [9.17, 15) is 15.2 Å². The van der Waals surface area contributed by atoms with Gasteiger partial charge in [0, 0.05) is 42.2 Å². The molecule has 174 valence electrons. The second kappa shape index (κ2) is 8.78. The molecule has 9 heteroatoms. The predicted octanol–water partition coefficient (Wildman–Crippen LogP) is 3.33. The van der Waals surface area contributed by atoms with Crippen LogP contribution in [0, 0.1) is 11.3 Å². The van der Waals surface area contributed by atoms with E-state index in [1.165, 1.54) is 22.5 Å². The van der Waals surface area contributed by atoms with Crippen LogP contribution >= 0.6 is 11.3 Å². The van der Waals surface area contributed by atoms with Crippen molar-refractivity contribution in [3.63, 3.8) is 0 Å². The van der Waals surface area contributed by atoms with E-state index in [4.69, 9.17) is 4.74 Å². The molecular formula is C25H25N5O3S. The summed E-state index contributed by atoms with van der Waals surface area (Å²) in [5.41, 5.74) is 4.37. The van der Waals surface area contributed by atoms with Crippen molar-refractivity contribution in [3.05, 3.63) is 47.2 Å². The molecule has 1 unspecified atom stereocenters. The highest BCUT2D eigenvalue weighted by molar-refractivity contribution is 7.17. The molecule has 3 heterocycles. The predicted molar refractivity (Wildman–Crippen MR) is 127 cm³/mol. The molecule has 1 aromatic carbocycles. The standard InChI is InChI=1S/C25H25N5O3S/c1-15(2)33-22-16(12-26)10-17(13-27-22)23-28-29-24(34-23)19-4-3-5-20-18(19)6-7-25(20)11-21(32)30(14-25)8-9-31/h3-5,10,13,15,31H,6-9,11,14H2,1-2H3. The van der Waals surface area contributed by atoms with E-state index in [1.807, 2.05) is 19.9 Å². The zero-order chi connectivity index (χ0) is 23.9. The summed E-state index contributed by atoms with van der Waals surface area (Å²) in [7, 11) is 0. The molecule has 34 heavy (non-hydrogen) atoms. The number of benzene rings is 1. The third kappa shape index (κ3) is 3.83. The first-order chi connectivity index (χ1) is 16.4. The SMILES string of the molecule is CC(C)Oc1ncc(-c2nnc(-c3cccc4c3CCC43CC(=O)N(CCO)C3)s2)cc1C#N. The maximum absolute atomic E-state index is 12.5. The molecule has 1 fully saturated rings. The fourth-order valence-corrected chi connectivity index (χ4v) is 5.93. The first-order valence-electron chi connectivity index (χ1n) is 11.4. The number of nitriles is 1. The van der Waals surface area contributed by atoms with Crippen LogP contribution in [-0.4, -0.2) is 56.9 Å². The van der Waals surface area contributed by atoms with Crippen LogP contribution < -0.4 is 4.74 Å². The number of pyridine rings is 1. The molecule has 3 aromatic rings. The topological polar surface area (TPSA) is 112 Å². The monoisotopic (exact) mass is 475 g/mol. The first-order valence-corrected chi connectivity index (χ1v) is 12.2. The fraction of sp³-hybridized carbons (Fsp3) is 0.400. The van der Waals surface area contributed by atoms with E-state index >= 15 is 0 Å².